The van der Waals surface area contributed by atoms with Gasteiger partial charge < -0.3 is 14.2 Å². The Kier molecular flexibility index (Phi) is 7.22. The van der Waals surface area contributed by atoms with Crippen molar-refractivity contribution in [3.63, 3.8) is 0 Å². The minimum absolute atomic E-state index is 0.0159. The Labute approximate surface area is 204 Å². The normalized spacial score (nSPS) is 17.7. The Morgan fingerprint density at radius 3 is 2.34 bits per heavy atom. The smallest absolute Gasteiger partial charge is 0.243 e. The summed E-state index contributed by atoms with van der Waals surface area (Å²) in [5.41, 5.74) is 1.38. The average molecular weight is 503 g/mol. The number of nitrogens with zero attached hydrogens (tertiary/aromatic N) is 5. The van der Waals surface area contributed by atoms with E-state index < -0.39 is 21.2 Å². The zero-order valence-electron chi connectivity index (χ0n) is 20.4. The molecule has 0 unspecified atom stereocenters. The van der Waals surface area contributed by atoms with Gasteiger partial charge in [0.2, 0.25) is 16.0 Å². The number of rotatable bonds is 9. The van der Waals surface area contributed by atoms with Crippen molar-refractivity contribution in [3.05, 3.63) is 47.8 Å². The Balaban J connectivity index is 1.76. The van der Waals surface area contributed by atoms with Crippen LogP contribution in [0.15, 0.2) is 30.6 Å². The molecule has 4 rings (SSSR count). The minimum atomic E-state index is -3.93. The van der Waals surface area contributed by atoms with Crippen molar-refractivity contribution in [2.45, 2.75) is 50.9 Å². The topological polar surface area (TPSA) is 130 Å². The van der Waals surface area contributed by atoms with Crippen molar-refractivity contribution < 1.29 is 22.6 Å². The number of methoxy groups -OCH3 is 2. The zero-order chi connectivity index (χ0) is 25.2. The van der Waals surface area contributed by atoms with E-state index in [9.17, 15) is 8.42 Å². The summed E-state index contributed by atoms with van der Waals surface area (Å²) in [5, 5.41) is 7.65. The molecule has 1 fully saturated rings. The van der Waals surface area contributed by atoms with E-state index in [1.165, 1.54) is 14.2 Å². The standard InChI is InChI=1S/C23H30N6O5S/c1-14-12-24-21(25-13-14)15(2)16(3)35(30,31)28-23-27-26-22(19-10-7-11-34-19)29(23)20-17(32-4)8-6-9-18(20)33-5/h6,8-9,12-13,15-16,19H,7,10-11H2,1-5H3,(H,27,28)/t15-,16-,19+/m1/s1. The van der Waals surface area contributed by atoms with E-state index in [0.29, 0.717) is 35.4 Å². The Morgan fingerprint density at radius 2 is 1.77 bits per heavy atom. The van der Waals surface area contributed by atoms with E-state index in [4.69, 9.17) is 14.2 Å². The molecule has 0 saturated carbocycles. The summed E-state index contributed by atoms with van der Waals surface area (Å²) in [6.07, 6.45) is 4.61. The monoisotopic (exact) mass is 502 g/mol. The lowest BCUT2D eigenvalue weighted by atomic mass is 10.1. The lowest BCUT2D eigenvalue weighted by Gasteiger charge is -2.22. The third kappa shape index (κ3) is 4.94. The summed E-state index contributed by atoms with van der Waals surface area (Å²) in [7, 11) is -0.864. The molecule has 0 aliphatic carbocycles. The van der Waals surface area contributed by atoms with Gasteiger partial charge >= 0.3 is 0 Å². The fourth-order valence-electron chi connectivity index (χ4n) is 3.96. The number of aromatic nitrogens is 5. The maximum atomic E-state index is 13.5. The predicted octanol–water partition coefficient (Wildman–Crippen LogP) is 3.17. The van der Waals surface area contributed by atoms with Crippen LogP contribution in [0.3, 0.4) is 0 Å². The highest BCUT2D eigenvalue weighted by molar-refractivity contribution is 7.93. The number of nitrogens with one attached hydrogen (secondary N) is 1. The third-order valence-corrected chi connectivity index (χ3v) is 8.02. The van der Waals surface area contributed by atoms with Gasteiger partial charge in [0.05, 0.1) is 19.5 Å². The molecule has 1 aliphatic heterocycles. The van der Waals surface area contributed by atoms with Gasteiger partial charge in [-0.25, -0.2) is 18.4 Å². The largest absolute Gasteiger partial charge is 0.494 e. The molecule has 1 aliphatic rings. The highest BCUT2D eigenvalue weighted by Gasteiger charge is 2.34. The first-order valence-corrected chi connectivity index (χ1v) is 12.9. The van der Waals surface area contributed by atoms with Gasteiger partial charge in [0.15, 0.2) is 5.82 Å². The second kappa shape index (κ2) is 10.2. The quantitative estimate of drug-likeness (QED) is 0.469. The van der Waals surface area contributed by atoms with Crippen LogP contribution in [0.5, 0.6) is 11.5 Å². The number of aryl methyl sites for hydroxylation is 1. The number of anilines is 1. The van der Waals surface area contributed by atoms with Gasteiger partial charge in [0, 0.05) is 24.9 Å². The van der Waals surface area contributed by atoms with Gasteiger partial charge in [-0.2, -0.15) is 0 Å². The molecule has 0 spiro atoms. The van der Waals surface area contributed by atoms with Crippen molar-refractivity contribution >= 4 is 16.0 Å². The molecule has 3 atom stereocenters. The number of hydrogen-bond donors (Lipinski definition) is 1. The van der Waals surface area contributed by atoms with Gasteiger partial charge in [-0.15, -0.1) is 10.2 Å². The van der Waals surface area contributed by atoms with Crippen LogP contribution in [0, 0.1) is 6.92 Å². The summed E-state index contributed by atoms with van der Waals surface area (Å²) >= 11 is 0. The van der Waals surface area contributed by atoms with Crippen molar-refractivity contribution in [2.24, 2.45) is 0 Å². The van der Waals surface area contributed by atoms with E-state index in [1.807, 2.05) is 6.92 Å². The first kappa shape index (κ1) is 24.9. The molecule has 1 saturated heterocycles. The van der Waals surface area contributed by atoms with Crippen molar-refractivity contribution in [2.75, 3.05) is 25.5 Å². The summed E-state index contributed by atoms with van der Waals surface area (Å²) < 4.78 is 48.2. The van der Waals surface area contributed by atoms with Crippen LogP contribution >= 0.6 is 0 Å². The van der Waals surface area contributed by atoms with Crippen LogP contribution in [0.1, 0.15) is 55.9 Å². The molecule has 3 heterocycles. The molecule has 35 heavy (non-hydrogen) atoms. The van der Waals surface area contributed by atoms with Crippen LogP contribution in [0.25, 0.3) is 5.69 Å². The molecule has 188 valence electrons. The van der Waals surface area contributed by atoms with E-state index in [1.54, 1.807) is 49.0 Å². The average Bonchev–Trinajstić information content (AvgIpc) is 3.52. The fraction of sp³-hybridized carbons (Fsp3) is 0.478. The summed E-state index contributed by atoms with van der Waals surface area (Å²) in [6, 6.07) is 5.30. The molecular weight excluding hydrogens is 472 g/mol. The highest BCUT2D eigenvalue weighted by atomic mass is 32.2. The second-order valence-corrected chi connectivity index (χ2v) is 10.5. The maximum absolute atomic E-state index is 13.5. The Hall–Kier alpha value is -3.25. The van der Waals surface area contributed by atoms with E-state index in [0.717, 1.165) is 18.4 Å². The number of ether oxygens (including phenoxy) is 3. The Morgan fingerprint density at radius 1 is 1.11 bits per heavy atom. The lowest BCUT2D eigenvalue weighted by molar-refractivity contribution is 0.103. The van der Waals surface area contributed by atoms with Gasteiger partial charge in [0.1, 0.15) is 29.1 Å². The van der Waals surface area contributed by atoms with Crippen LogP contribution < -0.4 is 14.2 Å². The fourth-order valence-corrected chi connectivity index (χ4v) is 5.19. The predicted molar refractivity (Wildman–Crippen MR) is 130 cm³/mol. The van der Waals surface area contributed by atoms with Gasteiger partial charge in [0.25, 0.3) is 0 Å². The SMILES string of the molecule is COc1cccc(OC)c1-n1c(NS(=O)(=O)[C@H](C)[C@@H](C)c2ncc(C)cn2)nnc1[C@@H]1CCCO1. The Bertz CT molecular complexity index is 1250. The molecule has 3 aromatic rings. The third-order valence-electron chi connectivity index (χ3n) is 6.17. The van der Waals surface area contributed by atoms with Gasteiger partial charge in [-0.05, 0) is 44.4 Å². The van der Waals surface area contributed by atoms with Crippen molar-refractivity contribution in [3.8, 4) is 17.2 Å². The van der Waals surface area contributed by atoms with Crippen LogP contribution in [-0.4, -0.2) is 59.2 Å². The van der Waals surface area contributed by atoms with Crippen LogP contribution in [0.4, 0.5) is 5.95 Å². The maximum Gasteiger partial charge on any atom is 0.243 e. The minimum Gasteiger partial charge on any atom is -0.494 e. The second-order valence-electron chi connectivity index (χ2n) is 8.49. The van der Waals surface area contributed by atoms with Crippen molar-refractivity contribution in [1.82, 2.24) is 24.7 Å². The first-order valence-electron chi connectivity index (χ1n) is 11.3. The van der Waals surface area contributed by atoms with Gasteiger partial charge in [-0.3, -0.25) is 9.29 Å². The van der Waals surface area contributed by atoms with Gasteiger partial charge in [-0.1, -0.05) is 13.0 Å². The van der Waals surface area contributed by atoms with Crippen LogP contribution in [0.2, 0.25) is 0 Å². The van der Waals surface area contributed by atoms with E-state index in [-0.39, 0.29) is 12.1 Å². The molecule has 12 heteroatoms. The number of sulfonamides is 1. The molecule has 2 aromatic heterocycles. The molecule has 11 nitrogen and oxygen atoms in total. The summed E-state index contributed by atoms with van der Waals surface area (Å²) in [6.45, 7) is 5.86. The molecule has 1 N–H and O–H groups in total. The molecule has 0 amide bonds. The highest BCUT2D eigenvalue weighted by Crippen LogP contribution is 2.39. The van der Waals surface area contributed by atoms with E-state index >= 15 is 0 Å². The van der Waals surface area contributed by atoms with Crippen molar-refractivity contribution in [1.29, 1.82) is 0 Å². The molecule has 0 bridgehead atoms. The first-order chi connectivity index (χ1) is 16.8. The summed E-state index contributed by atoms with van der Waals surface area (Å²) in [4.78, 5) is 8.60. The summed E-state index contributed by atoms with van der Waals surface area (Å²) in [5.74, 6) is 1.40. The number of hydrogen-bond acceptors (Lipinski definition) is 9. The van der Waals surface area contributed by atoms with E-state index in [2.05, 4.69) is 24.9 Å². The molecule has 0 radical (unpaired) electrons. The number of benzene rings is 1. The van der Waals surface area contributed by atoms with Crippen LogP contribution in [-0.2, 0) is 14.8 Å². The molecular formula is C23H30N6O5S. The number of para-hydroxylation sites is 1. The zero-order valence-corrected chi connectivity index (χ0v) is 21.2. The lowest BCUT2D eigenvalue weighted by Crippen LogP contribution is -2.31. The molecule has 1 aromatic carbocycles.